The fraction of sp³-hybridized carbons (Fsp3) is 0.481. The predicted octanol–water partition coefficient (Wildman–Crippen LogP) is 5.69. The Morgan fingerprint density at radius 1 is 0.788 bits per heavy atom. The minimum Gasteiger partial charge on any atom is -0.493 e. The first-order valence-electron chi connectivity index (χ1n) is 11.2. The fourth-order valence-electron chi connectivity index (χ4n) is 5.59. The maximum atomic E-state index is 11.5. The summed E-state index contributed by atoms with van der Waals surface area (Å²) in [6, 6.07) is 11.6. The first kappa shape index (κ1) is 24.6. The number of esters is 2. The number of benzene rings is 2. The maximum Gasteiger partial charge on any atom is 0.308 e. The largest absolute Gasteiger partial charge is 0.493 e. The van der Waals surface area contributed by atoms with Gasteiger partial charge in [-0.25, -0.2) is 0 Å². The molecule has 0 aromatic heterocycles. The highest BCUT2D eigenvalue weighted by Crippen LogP contribution is 2.55. The van der Waals surface area contributed by atoms with Gasteiger partial charge in [0.05, 0.1) is 14.2 Å². The van der Waals surface area contributed by atoms with Gasteiger partial charge < -0.3 is 18.9 Å². The van der Waals surface area contributed by atoms with Crippen LogP contribution < -0.4 is 18.9 Å². The van der Waals surface area contributed by atoms with Crippen molar-refractivity contribution < 1.29 is 28.5 Å². The number of methoxy groups -OCH3 is 2. The molecule has 0 aliphatic heterocycles. The fourth-order valence-corrected chi connectivity index (χ4v) is 5.59. The third kappa shape index (κ3) is 5.32. The van der Waals surface area contributed by atoms with E-state index in [1.54, 1.807) is 26.4 Å². The van der Waals surface area contributed by atoms with Gasteiger partial charge in [-0.15, -0.1) is 0 Å². The van der Waals surface area contributed by atoms with E-state index >= 15 is 0 Å². The lowest BCUT2D eigenvalue weighted by Gasteiger charge is -2.49. The minimum absolute atomic E-state index is 0.0985. The van der Waals surface area contributed by atoms with Crippen LogP contribution in [-0.4, -0.2) is 26.2 Å². The summed E-state index contributed by atoms with van der Waals surface area (Å²) in [6.07, 6.45) is 2.97. The van der Waals surface area contributed by atoms with Gasteiger partial charge in [0.15, 0.2) is 23.0 Å². The molecule has 178 valence electrons. The summed E-state index contributed by atoms with van der Waals surface area (Å²) in [5.74, 6) is 1.52. The molecule has 0 N–H and O–H groups in total. The molecule has 1 aliphatic carbocycles. The summed E-state index contributed by atoms with van der Waals surface area (Å²) in [5, 5.41) is 0. The average Bonchev–Trinajstić information content (AvgIpc) is 2.71. The highest BCUT2D eigenvalue weighted by atomic mass is 16.6. The van der Waals surface area contributed by atoms with Gasteiger partial charge >= 0.3 is 11.9 Å². The van der Waals surface area contributed by atoms with Crippen LogP contribution in [0.3, 0.4) is 0 Å². The van der Waals surface area contributed by atoms with Crippen LogP contribution in [0.4, 0.5) is 0 Å². The summed E-state index contributed by atoms with van der Waals surface area (Å²) >= 11 is 0. The Labute approximate surface area is 196 Å². The average molecular weight is 455 g/mol. The molecule has 0 radical (unpaired) electrons. The van der Waals surface area contributed by atoms with Crippen LogP contribution in [-0.2, 0) is 15.0 Å². The third-order valence-corrected chi connectivity index (χ3v) is 6.32. The molecule has 1 unspecified atom stereocenters. The molecule has 0 saturated heterocycles. The second-order valence-corrected chi connectivity index (χ2v) is 9.86. The lowest BCUT2D eigenvalue weighted by molar-refractivity contribution is -0.132. The molecule has 33 heavy (non-hydrogen) atoms. The maximum absolute atomic E-state index is 11.5. The van der Waals surface area contributed by atoms with Gasteiger partial charge in [0, 0.05) is 19.3 Å². The SMILES string of the molecule is COc1cc(C2(c3ccc(OC(C)=O)c(OC)c3)CC(C)CC(C)(C)C2)ccc1OC(C)=O. The van der Waals surface area contributed by atoms with E-state index in [0.29, 0.717) is 28.9 Å². The van der Waals surface area contributed by atoms with Gasteiger partial charge in [-0.05, 0) is 66.0 Å². The van der Waals surface area contributed by atoms with Crippen molar-refractivity contribution in [3.8, 4) is 23.0 Å². The van der Waals surface area contributed by atoms with E-state index in [1.807, 2.05) is 24.3 Å². The predicted molar refractivity (Wildman–Crippen MR) is 126 cm³/mol. The summed E-state index contributed by atoms with van der Waals surface area (Å²) < 4.78 is 21.8. The van der Waals surface area contributed by atoms with Crippen LogP contribution in [0.15, 0.2) is 36.4 Å². The van der Waals surface area contributed by atoms with Gasteiger partial charge in [-0.2, -0.15) is 0 Å². The standard InChI is InChI=1S/C27H34O6/c1-17-14-26(4,5)16-27(15-17,20-8-10-22(32-18(2)28)24(12-20)30-6)21-9-11-23(33-19(3)29)25(13-21)31-7/h8-13,17H,14-16H2,1-7H3. The van der Waals surface area contributed by atoms with E-state index in [-0.39, 0.29) is 10.8 Å². The van der Waals surface area contributed by atoms with E-state index in [9.17, 15) is 9.59 Å². The van der Waals surface area contributed by atoms with Crippen molar-refractivity contribution >= 4 is 11.9 Å². The van der Waals surface area contributed by atoms with Crippen LogP contribution >= 0.6 is 0 Å². The van der Waals surface area contributed by atoms with Crippen molar-refractivity contribution in [2.45, 2.75) is 59.3 Å². The highest BCUT2D eigenvalue weighted by molar-refractivity contribution is 5.71. The molecule has 1 saturated carbocycles. The van der Waals surface area contributed by atoms with Gasteiger partial charge in [0.2, 0.25) is 0 Å². The van der Waals surface area contributed by atoms with Gasteiger partial charge in [0.25, 0.3) is 0 Å². The molecule has 3 rings (SSSR count). The second-order valence-electron chi connectivity index (χ2n) is 9.86. The van der Waals surface area contributed by atoms with Gasteiger partial charge in [-0.1, -0.05) is 32.9 Å². The molecular weight excluding hydrogens is 420 g/mol. The van der Waals surface area contributed by atoms with E-state index < -0.39 is 11.9 Å². The van der Waals surface area contributed by atoms with Crippen molar-refractivity contribution in [1.29, 1.82) is 0 Å². The molecule has 1 aliphatic rings. The number of ether oxygens (including phenoxy) is 4. The van der Waals surface area contributed by atoms with E-state index in [2.05, 4.69) is 20.8 Å². The molecule has 2 aromatic rings. The lowest BCUT2D eigenvalue weighted by Crippen LogP contribution is -2.41. The van der Waals surface area contributed by atoms with Crippen LogP contribution in [0.25, 0.3) is 0 Å². The molecule has 0 amide bonds. The normalized spacial score (nSPS) is 18.8. The zero-order valence-corrected chi connectivity index (χ0v) is 20.6. The molecule has 0 heterocycles. The Balaban J connectivity index is 2.21. The van der Waals surface area contributed by atoms with Crippen LogP contribution in [0.2, 0.25) is 0 Å². The van der Waals surface area contributed by atoms with Gasteiger partial charge in [-0.3, -0.25) is 9.59 Å². The summed E-state index contributed by atoms with van der Waals surface area (Å²) in [6.45, 7) is 9.62. The molecule has 6 nitrogen and oxygen atoms in total. The number of hydrogen-bond donors (Lipinski definition) is 0. The van der Waals surface area contributed by atoms with Crippen molar-refractivity contribution in [3.05, 3.63) is 47.5 Å². The number of carbonyl (C=O) groups is 2. The minimum atomic E-state index is -0.394. The Kier molecular flexibility index (Phi) is 7.06. The Morgan fingerprint density at radius 2 is 1.24 bits per heavy atom. The topological polar surface area (TPSA) is 71.1 Å². The lowest BCUT2D eigenvalue weighted by atomic mass is 9.55. The Morgan fingerprint density at radius 3 is 1.61 bits per heavy atom. The van der Waals surface area contributed by atoms with Crippen molar-refractivity contribution in [3.63, 3.8) is 0 Å². The Bertz CT molecular complexity index is 971. The third-order valence-electron chi connectivity index (χ3n) is 6.32. The molecule has 1 atom stereocenters. The molecule has 2 aromatic carbocycles. The van der Waals surface area contributed by atoms with E-state index in [1.165, 1.54) is 13.8 Å². The summed E-state index contributed by atoms with van der Waals surface area (Å²) in [4.78, 5) is 23.1. The monoisotopic (exact) mass is 454 g/mol. The second kappa shape index (κ2) is 9.46. The summed E-state index contributed by atoms with van der Waals surface area (Å²) in [5.41, 5.74) is 1.93. The number of carbonyl (C=O) groups excluding carboxylic acids is 2. The molecule has 0 bridgehead atoms. The molecular formula is C27H34O6. The Hall–Kier alpha value is -3.02. The van der Waals surface area contributed by atoms with Gasteiger partial charge in [0.1, 0.15) is 0 Å². The van der Waals surface area contributed by atoms with Crippen LogP contribution in [0, 0.1) is 11.3 Å². The first-order chi connectivity index (χ1) is 15.5. The zero-order valence-electron chi connectivity index (χ0n) is 20.6. The van der Waals surface area contributed by atoms with E-state index in [0.717, 1.165) is 30.4 Å². The van der Waals surface area contributed by atoms with Crippen molar-refractivity contribution in [1.82, 2.24) is 0 Å². The van der Waals surface area contributed by atoms with Crippen molar-refractivity contribution in [2.24, 2.45) is 11.3 Å². The quantitative estimate of drug-likeness (QED) is 0.413. The number of hydrogen-bond acceptors (Lipinski definition) is 6. The number of rotatable bonds is 6. The van der Waals surface area contributed by atoms with Crippen molar-refractivity contribution in [2.75, 3.05) is 14.2 Å². The first-order valence-corrected chi connectivity index (χ1v) is 11.2. The summed E-state index contributed by atoms with van der Waals surface area (Å²) in [7, 11) is 3.15. The molecule has 1 fully saturated rings. The highest BCUT2D eigenvalue weighted by Gasteiger charge is 2.45. The smallest absolute Gasteiger partial charge is 0.308 e. The molecule has 0 spiro atoms. The van der Waals surface area contributed by atoms with E-state index in [4.69, 9.17) is 18.9 Å². The molecule has 6 heteroatoms. The van der Waals surface area contributed by atoms with Crippen LogP contribution in [0.1, 0.15) is 65.0 Å². The zero-order chi connectivity index (χ0) is 24.4. The van der Waals surface area contributed by atoms with Crippen LogP contribution in [0.5, 0.6) is 23.0 Å².